The Hall–Kier alpha value is -1.14. The third-order valence-electron chi connectivity index (χ3n) is 1.76. The Labute approximate surface area is 95.7 Å². The number of carbonyl (C=O) groups is 2. The van der Waals surface area contributed by atoms with Gasteiger partial charge in [0.25, 0.3) is 0 Å². The molecule has 0 rings (SSSR count). The number of rotatable bonds is 9. The van der Waals surface area contributed by atoms with Gasteiger partial charge in [-0.3, -0.25) is 9.59 Å². The fourth-order valence-corrected chi connectivity index (χ4v) is 0.887. The molecule has 0 saturated carbocycles. The lowest BCUT2D eigenvalue weighted by molar-refractivity contribution is -0.126. The molecule has 0 aromatic carbocycles. The molecule has 94 valence electrons. The second-order valence-electron chi connectivity index (χ2n) is 3.10. The zero-order chi connectivity index (χ0) is 12.2. The van der Waals surface area contributed by atoms with Gasteiger partial charge in [0.05, 0.1) is 13.2 Å². The van der Waals surface area contributed by atoms with E-state index in [1.165, 1.54) is 0 Å². The molecule has 0 aliphatic rings. The van der Waals surface area contributed by atoms with E-state index in [-0.39, 0.29) is 18.4 Å². The first-order chi connectivity index (χ1) is 7.70. The van der Waals surface area contributed by atoms with Crippen molar-refractivity contribution >= 4 is 11.8 Å². The van der Waals surface area contributed by atoms with Gasteiger partial charge in [0, 0.05) is 26.6 Å². The SMILES string of the molecule is CCC(=O)NCCNC(=O)COCCOC. The van der Waals surface area contributed by atoms with E-state index in [9.17, 15) is 9.59 Å². The van der Waals surface area contributed by atoms with Gasteiger partial charge in [-0.2, -0.15) is 0 Å². The largest absolute Gasteiger partial charge is 0.382 e. The normalized spacial score (nSPS) is 9.88. The van der Waals surface area contributed by atoms with E-state index in [2.05, 4.69) is 10.6 Å². The summed E-state index contributed by atoms with van der Waals surface area (Å²) in [5, 5.41) is 5.27. The van der Waals surface area contributed by atoms with Crippen LogP contribution in [0, 0.1) is 0 Å². The standard InChI is InChI=1S/C10H20N2O4/c1-3-9(13)11-4-5-12-10(14)8-16-7-6-15-2/h3-8H2,1-2H3,(H,11,13)(H,12,14). The summed E-state index contributed by atoms with van der Waals surface area (Å²) in [7, 11) is 1.57. The Kier molecular flexibility index (Phi) is 9.64. The van der Waals surface area contributed by atoms with Crippen molar-refractivity contribution in [3.05, 3.63) is 0 Å². The smallest absolute Gasteiger partial charge is 0.246 e. The first kappa shape index (κ1) is 14.9. The van der Waals surface area contributed by atoms with Gasteiger partial charge < -0.3 is 20.1 Å². The molecule has 0 fully saturated rings. The van der Waals surface area contributed by atoms with Crippen molar-refractivity contribution in [2.75, 3.05) is 40.0 Å². The number of carbonyl (C=O) groups excluding carboxylic acids is 2. The maximum Gasteiger partial charge on any atom is 0.246 e. The zero-order valence-electron chi connectivity index (χ0n) is 9.88. The fourth-order valence-electron chi connectivity index (χ4n) is 0.887. The number of hydrogen-bond donors (Lipinski definition) is 2. The van der Waals surface area contributed by atoms with Gasteiger partial charge in [-0.15, -0.1) is 0 Å². The average molecular weight is 232 g/mol. The summed E-state index contributed by atoms with van der Waals surface area (Å²) in [6.45, 7) is 3.52. The van der Waals surface area contributed by atoms with Crippen molar-refractivity contribution < 1.29 is 19.1 Å². The summed E-state index contributed by atoms with van der Waals surface area (Å²) in [6.07, 6.45) is 0.452. The lowest BCUT2D eigenvalue weighted by atomic mass is 10.4. The quantitative estimate of drug-likeness (QED) is 0.515. The molecule has 16 heavy (non-hydrogen) atoms. The highest BCUT2D eigenvalue weighted by Gasteiger charge is 2.00. The number of ether oxygens (including phenoxy) is 2. The lowest BCUT2D eigenvalue weighted by Crippen LogP contribution is -2.36. The zero-order valence-corrected chi connectivity index (χ0v) is 9.88. The molecule has 0 heterocycles. The summed E-state index contributed by atoms with van der Waals surface area (Å²) < 4.78 is 9.77. The van der Waals surface area contributed by atoms with Crippen LogP contribution in [0.25, 0.3) is 0 Å². The molecular formula is C10H20N2O4. The van der Waals surface area contributed by atoms with Crippen LogP contribution in [0.2, 0.25) is 0 Å². The molecule has 6 nitrogen and oxygen atoms in total. The second-order valence-corrected chi connectivity index (χ2v) is 3.10. The Bertz CT molecular complexity index is 209. The molecular weight excluding hydrogens is 212 g/mol. The molecule has 0 spiro atoms. The van der Waals surface area contributed by atoms with Crippen LogP contribution in [0.5, 0.6) is 0 Å². The van der Waals surface area contributed by atoms with E-state index in [4.69, 9.17) is 9.47 Å². The van der Waals surface area contributed by atoms with E-state index in [0.717, 1.165) is 0 Å². The van der Waals surface area contributed by atoms with E-state index in [1.807, 2.05) is 0 Å². The van der Waals surface area contributed by atoms with Crippen molar-refractivity contribution in [3.63, 3.8) is 0 Å². The van der Waals surface area contributed by atoms with Gasteiger partial charge in [-0.1, -0.05) is 6.92 Å². The Morgan fingerprint density at radius 3 is 2.25 bits per heavy atom. The molecule has 2 amide bonds. The van der Waals surface area contributed by atoms with Crippen LogP contribution in [0.4, 0.5) is 0 Å². The minimum Gasteiger partial charge on any atom is -0.382 e. The third kappa shape index (κ3) is 9.42. The molecule has 6 heteroatoms. The maximum absolute atomic E-state index is 11.1. The van der Waals surface area contributed by atoms with Gasteiger partial charge in [0.2, 0.25) is 11.8 Å². The van der Waals surface area contributed by atoms with Crippen molar-refractivity contribution in [2.45, 2.75) is 13.3 Å². The van der Waals surface area contributed by atoms with Crippen molar-refractivity contribution in [1.29, 1.82) is 0 Å². The number of amides is 2. The number of hydrogen-bond acceptors (Lipinski definition) is 4. The van der Waals surface area contributed by atoms with Crippen LogP contribution in [-0.4, -0.2) is 51.8 Å². The molecule has 0 aromatic rings. The predicted octanol–water partition coefficient (Wildman–Crippen LogP) is -0.708. The first-order valence-electron chi connectivity index (χ1n) is 5.30. The fraction of sp³-hybridized carbons (Fsp3) is 0.800. The summed E-state index contributed by atoms with van der Waals surface area (Å²) >= 11 is 0. The van der Waals surface area contributed by atoms with Crippen LogP contribution in [-0.2, 0) is 19.1 Å². The van der Waals surface area contributed by atoms with Gasteiger partial charge in [0.15, 0.2) is 0 Å². The predicted molar refractivity (Wildman–Crippen MR) is 59.0 cm³/mol. The highest BCUT2D eigenvalue weighted by atomic mass is 16.5. The van der Waals surface area contributed by atoms with E-state index in [0.29, 0.717) is 32.7 Å². The van der Waals surface area contributed by atoms with E-state index in [1.54, 1.807) is 14.0 Å². The van der Waals surface area contributed by atoms with E-state index < -0.39 is 0 Å². The van der Waals surface area contributed by atoms with Gasteiger partial charge in [0.1, 0.15) is 6.61 Å². The summed E-state index contributed by atoms with van der Waals surface area (Å²) in [5.74, 6) is -0.215. The van der Waals surface area contributed by atoms with Gasteiger partial charge >= 0.3 is 0 Å². The Morgan fingerprint density at radius 2 is 1.69 bits per heavy atom. The molecule has 0 aliphatic heterocycles. The highest BCUT2D eigenvalue weighted by molar-refractivity contribution is 5.77. The molecule has 0 radical (unpaired) electrons. The summed E-state index contributed by atoms with van der Waals surface area (Å²) in [4.78, 5) is 22.0. The van der Waals surface area contributed by atoms with Crippen LogP contribution in [0.1, 0.15) is 13.3 Å². The molecule has 0 saturated heterocycles. The Balaban J connectivity index is 3.27. The lowest BCUT2D eigenvalue weighted by Gasteiger charge is -2.06. The molecule has 0 aromatic heterocycles. The number of nitrogens with one attached hydrogen (secondary N) is 2. The monoisotopic (exact) mass is 232 g/mol. The Morgan fingerprint density at radius 1 is 1.06 bits per heavy atom. The highest BCUT2D eigenvalue weighted by Crippen LogP contribution is 1.77. The number of methoxy groups -OCH3 is 1. The van der Waals surface area contributed by atoms with Gasteiger partial charge in [-0.25, -0.2) is 0 Å². The molecule has 0 bridgehead atoms. The minimum absolute atomic E-state index is 0.0189. The van der Waals surface area contributed by atoms with Crippen molar-refractivity contribution in [1.82, 2.24) is 10.6 Å². The second kappa shape index (κ2) is 10.4. The molecule has 0 atom stereocenters. The molecule has 2 N–H and O–H groups in total. The van der Waals surface area contributed by atoms with Gasteiger partial charge in [-0.05, 0) is 0 Å². The molecule has 0 unspecified atom stereocenters. The topological polar surface area (TPSA) is 76.7 Å². The van der Waals surface area contributed by atoms with Crippen LogP contribution in [0.3, 0.4) is 0 Å². The maximum atomic E-state index is 11.1. The third-order valence-corrected chi connectivity index (χ3v) is 1.76. The summed E-state index contributed by atoms with van der Waals surface area (Å²) in [6, 6.07) is 0. The minimum atomic E-state index is -0.193. The first-order valence-corrected chi connectivity index (χ1v) is 5.30. The summed E-state index contributed by atoms with van der Waals surface area (Å²) in [5.41, 5.74) is 0. The van der Waals surface area contributed by atoms with Crippen LogP contribution >= 0.6 is 0 Å². The van der Waals surface area contributed by atoms with Crippen molar-refractivity contribution in [3.8, 4) is 0 Å². The van der Waals surface area contributed by atoms with Crippen LogP contribution < -0.4 is 10.6 Å². The average Bonchev–Trinajstić information content (AvgIpc) is 2.30. The molecule has 0 aliphatic carbocycles. The van der Waals surface area contributed by atoms with E-state index >= 15 is 0 Å². The van der Waals surface area contributed by atoms with Crippen LogP contribution in [0.15, 0.2) is 0 Å². The van der Waals surface area contributed by atoms with Crippen molar-refractivity contribution in [2.24, 2.45) is 0 Å².